The maximum absolute atomic E-state index is 12.5. The first-order valence-corrected chi connectivity index (χ1v) is 10.4. The van der Waals surface area contributed by atoms with Gasteiger partial charge < -0.3 is 14.8 Å². The number of amides is 1. The Bertz CT molecular complexity index is 979. The lowest BCUT2D eigenvalue weighted by molar-refractivity contribution is -0.0512. The van der Waals surface area contributed by atoms with Crippen molar-refractivity contribution in [3.8, 4) is 11.5 Å². The number of benzene rings is 2. The SMILES string of the molecule is C=CCNS(=O)(=O)c1ccc(C(=O)NCCc2ccc(OC)c(OC(F)F)c2)cc1. The molecule has 0 bridgehead atoms. The van der Waals surface area contributed by atoms with E-state index in [1.165, 1.54) is 49.6 Å². The van der Waals surface area contributed by atoms with Gasteiger partial charge in [-0.05, 0) is 48.4 Å². The van der Waals surface area contributed by atoms with E-state index in [-0.39, 0.29) is 35.0 Å². The van der Waals surface area contributed by atoms with Crippen molar-refractivity contribution in [1.82, 2.24) is 10.0 Å². The Morgan fingerprint density at radius 1 is 1.17 bits per heavy atom. The molecule has 7 nitrogen and oxygen atoms in total. The summed E-state index contributed by atoms with van der Waals surface area (Å²) in [6.07, 6.45) is 1.79. The van der Waals surface area contributed by atoms with Crippen molar-refractivity contribution >= 4 is 15.9 Å². The van der Waals surface area contributed by atoms with Crippen molar-refractivity contribution in [2.45, 2.75) is 17.9 Å². The maximum Gasteiger partial charge on any atom is 0.387 e. The molecule has 0 aromatic heterocycles. The van der Waals surface area contributed by atoms with Gasteiger partial charge in [0.25, 0.3) is 5.91 Å². The molecular formula is C20H22F2N2O5S. The van der Waals surface area contributed by atoms with Gasteiger partial charge in [0, 0.05) is 18.7 Å². The first kappa shape index (κ1) is 23.3. The van der Waals surface area contributed by atoms with E-state index in [1.807, 2.05) is 0 Å². The van der Waals surface area contributed by atoms with Gasteiger partial charge in [-0.3, -0.25) is 4.79 Å². The van der Waals surface area contributed by atoms with Gasteiger partial charge in [-0.1, -0.05) is 12.1 Å². The van der Waals surface area contributed by atoms with Gasteiger partial charge in [0.15, 0.2) is 11.5 Å². The molecule has 0 unspecified atom stereocenters. The van der Waals surface area contributed by atoms with E-state index in [9.17, 15) is 22.0 Å². The van der Waals surface area contributed by atoms with Crippen LogP contribution in [0.3, 0.4) is 0 Å². The van der Waals surface area contributed by atoms with Crippen molar-refractivity contribution in [3.05, 3.63) is 66.2 Å². The Morgan fingerprint density at radius 3 is 2.47 bits per heavy atom. The number of carbonyl (C=O) groups is 1. The second kappa shape index (κ2) is 10.7. The molecule has 0 aliphatic heterocycles. The molecule has 1 amide bonds. The Labute approximate surface area is 173 Å². The van der Waals surface area contributed by atoms with Crippen LogP contribution in [-0.4, -0.2) is 41.1 Å². The molecule has 0 spiro atoms. The molecule has 2 aromatic carbocycles. The molecule has 0 atom stereocenters. The number of alkyl halides is 2. The van der Waals surface area contributed by atoms with Crippen LogP contribution in [0, 0.1) is 0 Å². The minimum absolute atomic E-state index is 0.0330. The summed E-state index contributed by atoms with van der Waals surface area (Å²) in [5.41, 5.74) is 0.954. The number of hydrogen-bond acceptors (Lipinski definition) is 5. The van der Waals surface area contributed by atoms with Gasteiger partial charge in [-0.15, -0.1) is 6.58 Å². The third kappa shape index (κ3) is 6.53. The second-order valence-electron chi connectivity index (χ2n) is 6.03. The zero-order chi connectivity index (χ0) is 22.1. The predicted octanol–water partition coefficient (Wildman–Crippen LogP) is 2.73. The van der Waals surface area contributed by atoms with Crippen molar-refractivity contribution in [3.63, 3.8) is 0 Å². The van der Waals surface area contributed by atoms with Gasteiger partial charge in [0.05, 0.1) is 12.0 Å². The average Bonchev–Trinajstić information content (AvgIpc) is 2.72. The van der Waals surface area contributed by atoms with Crippen LogP contribution >= 0.6 is 0 Å². The lowest BCUT2D eigenvalue weighted by Gasteiger charge is -2.12. The number of ether oxygens (including phenoxy) is 2. The molecule has 0 fully saturated rings. The Balaban J connectivity index is 1.95. The lowest BCUT2D eigenvalue weighted by atomic mass is 10.1. The third-order valence-electron chi connectivity index (χ3n) is 3.99. The summed E-state index contributed by atoms with van der Waals surface area (Å²) in [6, 6.07) is 10.1. The normalized spacial score (nSPS) is 11.2. The van der Waals surface area contributed by atoms with E-state index in [0.29, 0.717) is 12.0 Å². The third-order valence-corrected chi connectivity index (χ3v) is 5.43. The fraction of sp³-hybridized carbons (Fsp3) is 0.250. The zero-order valence-corrected chi connectivity index (χ0v) is 17.0. The molecule has 30 heavy (non-hydrogen) atoms. The number of rotatable bonds is 11. The molecule has 0 radical (unpaired) electrons. The molecular weight excluding hydrogens is 418 g/mol. The summed E-state index contributed by atoms with van der Waals surface area (Å²) in [5.74, 6) is -0.297. The molecule has 10 heteroatoms. The fourth-order valence-corrected chi connectivity index (χ4v) is 3.52. The van der Waals surface area contributed by atoms with E-state index in [1.54, 1.807) is 6.07 Å². The predicted molar refractivity (Wildman–Crippen MR) is 107 cm³/mol. The summed E-state index contributed by atoms with van der Waals surface area (Å²) >= 11 is 0. The van der Waals surface area contributed by atoms with Crippen LogP contribution in [0.2, 0.25) is 0 Å². The average molecular weight is 440 g/mol. The quantitative estimate of drug-likeness (QED) is 0.524. The molecule has 0 heterocycles. The Morgan fingerprint density at radius 2 is 1.87 bits per heavy atom. The largest absolute Gasteiger partial charge is 0.493 e. The van der Waals surface area contributed by atoms with E-state index < -0.39 is 22.5 Å². The summed E-state index contributed by atoms with van der Waals surface area (Å²) in [4.78, 5) is 12.3. The second-order valence-corrected chi connectivity index (χ2v) is 7.80. The number of hydrogen-bond donors (Lipinski definition) is 2. The number of halogens is 2. The summed E-state index contributed by atoms with van der Waals surface area (Å²) in [5, 5.41) is 2.69. The maximum atomic E-state index is 12.5. The first-order valence-electron chi connectivity index (χ1n) is 8.87. The van der Waals surface area contributed by atoms with Crippen LogP contribution in [0.1, 0.15) is 15.9 Å². The van der Waals surface area contributed by atoms with Gasteiger partial charge in [0.1, 0.15) is 0 Å². The molecule has 2 aromatic rings. The highest BCUT2D eigenvalue weighted by Crippen LogP contribution is 2.29. The van der Waals surface area contributed by atoms with Gasteiger partial charge in [-0.25, -0.2) is 13.1 Å². The van der Waals surface area contributed by atoms with Gasteiger partial charge in [0.2, 0.25) is 10.0 Å². The van der Waals surface area contributed by atoms with Crippen molar-refractivity contribution in [2.24, 2.45) is 0 Å². The minimum atomic E-state index is -3.66. The topological polar surface area (TPSA) is 93.7 Å². The van der Waals surface area contributed by atoms with Crippen LogP contribution in [0.25, 0.3) is 0 Å². The van der Waals surface area contributed by atoms with E-state index in [4.69, 9.17) is 4.74 Å². The lowest BCUT2D eigenvalue weighted by Crippen LogP contribution is -2.26. The number of sulfonamides is 1. The van der Waals surface area contributed by atoms with Crippen LogP contribution in [0.5, 0.6) is 11.5 Å². The van der Waals surface area contributed by atoms with Crippen LogP contribution in [0.4, 0.5) is 8.78 Å². The van der Waals surface area contributed by atoms with E-state index in [0.717, 1.165) is 0 Å². The molecule has 0 aliphatic carbocycles. The van der Waals surface area contributed by atoms with Crippen LogP contribution in [-0.2, 0) is 16.4 Å². The minimum Gasteiger partial charge on any atom is -0.493 e. The van der Waals surface area contributed by atoms with Crippen molar-refractivity contribution in [1.29, 1.82) is 0 Å². The zero-order valence-electron chi connectivity index (χ0n) is 16.2. The fourth-order valence-electron chi connectivity index (χ4n) is 2.52. The van der Waals surface area contributed by atoms with Crippen LogP contribution in [0.15, 0.2) is 60.0 Å². The highest BCUT2D eigenvalue weighted by molar-refractivity contribution is 7.89. The summed E-state index contributed by atoms with van der Waals surface area (Å²) in [7, 11) is -2.32. The van der Waals surface area contributed by atoms with Crippen LogP contribution < -0.4 is 19.5 Å². The monoisotopic (exact) mass is 440 g/mol. The number of carbonyl (C=O) groups excluding carboxylic acids is 1. The van der Waals surface area contributed by atoms with E-state index >= 15 is 0 Å². The number of methoxy groups -OCH3 is 1. The number of nitrogens with one attached hydrogen (secondary N) is 2. The smallest absolute Gasteiger partial charge is 0.387 e. The Kier molecular flexibility index (Phi) is 8.31. The van der Waals surface area contributed by atoms with Crippen molar-refractivity contribution in [2.75, 3.05) is 20.2 Å². The molecule has 2 N–H and O–H groups in total. The van der Waals surface area contributed by atoms with E-state index in [2.05, 4.69) is 21.4 Å². The summed E-state index contributed by atoms with van der Waals surface area (Å²) < 4.78 is 60.8. The van der Waals surface area contributed by atoms with Crippen molar-refractivity contribution < 1.29 is 31.5 Å². The highest BCUT2D eigenvalue weighted by Gasteiger charge is 2.14. The Hall–Kier alpha value is -2.98. The molecule has 0 saturated heterocycles. The molecule has 0 aliphatic rings. The summed E-state index contributed by atoms with van der Waals surface area (Å²) in [6.45, 7) is 0.799. The molecule has 0 saturated carbocycles. The standard InChI is InChI=1S/C20H22F2N2O5S/c1-3-11-24-30(26,27)16-7-5-15(6-8-16)19(25)23-12-10-14-4-9-17(28-2)18(13-14)29-20(21)22/h3-9,13,20,24H,1,10-12H2,2H3,(H,23,25). The molecule has 162 valence electrons. The highest BCUT2D eigenvalue weighted by atomic mass is 32.2. The first-order chi connectivity index (χ1) is 14.3. The van der Waals surface area contributed by atoms with Gasteiger partial charge >= 0.3 is 6.61 Å². The van der Waals surface area contributed by atoms with Gasteiger partial charge in [-0.2, -0.15) is 8.78 Å². The molecule has 2 rings (SSSR count).